The third-order valence-corrected chi connectivity index (χ3v) is 4.47. The van der Waals surface area contributed by atoms with E-state index in [-0.39, 0.29) is 11.9 Å². The van der Waals surface area contributed by atoms with Gasteiger partial charge in [0.25, 0.3) is 0 Å². The Balaban J connectivity index is 2.63. The Morgan fingerprint density at radius 1 is 1.26 bits per heavy atom. The zero-order chi connectivity index (χ0) is 17.6. The molecule has 0 saturated heterocycles. The summed E-state index contributed by atoms with van der Waals surface area (Å²) in [5.41, 5.74) is -0.253. The van der Waals surface area contributed by atoms with Crippen LogP contribution in [0.25, 0.3) is 5.57 Å². The van der Waals surface area contributed by atoms with Crippen LogP contribution in [0, 0.1) is 5.82 Å². The van der Waals surface area contributed by atoms with E-state index in [1.54, 1.807) is 27.7 Å². The van der Waals surface area contributed by atoms with Gasteiger partial charge in [0.1, 0.15) is 16.3 Å². The van der Waals surface area contributed by atoms with Crippen molar-refractivity contribution in [3.05, 3.63) is 35.3 Å². The second-order valence-corrected chi connectivity index (χ2v) is 8.17. The smallest absolute Gasteiger partial charge is 0.374 e. The monoisotopic (exact) mass is 342 g/mol. The van der Waals surface area contributed by atoms with Gasteiger partial charge in [-0.05, 0) is 45.4 Å². The quantitative estimate of drug-likeness (QED) is 0.787. The van der Waals surface area contributed by atoms with Gasteiger partial charge in [-0.1, -0.05) is 6.07 Å². The average Bonchev–Trinajstić information content (AvgIpc) is 2.56. The third-order valence-electron chi connectivity index (χ3n) is 3.34. The highest BCUT2D eigenvalue weighted by molar-refractivity contribution is 7.90. The lowest BCUT2D eigenvalue weighted by atomic mass is 9.91. The number of rotatable bonds is 4. The van der Waals surface area contributed by atoms with Gasteiger partial charge in [-0.2, -0.15) is 0 Å². The molecule has 0 N–H and O–H groups in total. The molecule has 0 radical (unpaired) electrons. The summed E-state index contributed by atoms with van der Waals surface area (Å²) >= 11 is 0. The Morgan fingerprint density at radius 3 is 2.35 bits per heavy atom. The first kappa shape index (κ1) is 17.5. The Kier molecular flexibility index (Phi) is 4.28. The number of ether oxygens (including phenoxy) is 2. The van der Waals surface area contributed by atoms with Crippen molar-refractivity contribution in [1.29, 1.82) is 0 Å². The molecule has 0 bridgehead atoms. The number of hydrogen-bond acceptors (Lipinski definition) is 5. The number of carbonyl (C=O) groups excluding carboxylic acids is 1. The second kappa shape index (κ2) is 5.63. The average molecular weight is 342 g/mol. The molecular formula is C16H19FO5S. The van der Waals surface area contributed by atoms with Crippen LogP contribution >= 0.6 is 0 Å². The van der Waals surface area contributed by atoms with Crippen LogP contribution in [0.5, 0.6) is 0 Å². The van der Waals surface area contributed by atoms with E-state index in [2.05, 4.69) is 0 Å². The Bertz CT molecular complexity index is 791. The molecule has 1 aromatic rings. The number of benzene rings is 1. The Morgan fingerprint density at radius 2 is 1.87 bits per heavy atom. The van der Waals surface area contributed by atoms with E-state index in [0.717, 1.165) is 12.3 Å². The van der Waals surface area contributed by atoms with Crippen molar-refractivity contribution >= 4 is 21.4 Å². The maximum absolute atomic E-state index is 14.2. The van der Waals surface area contributed by atoms with Crippen LogP contribution in [-0.2, 0) is 24.1 Å². The van der Waals surface area contributed by atoms with Crippen molar-refractivity contribution in [2.24, 2.45) is 0 Å². The van der Waals surface area contributed by atoms with Gasteiger partial charge in [0, 0.05) is 6.26 Å². The number of halogens is 1. The maximum atomic E-state index is 14.2. The van der Waals surface area contributed by atoms with Crippen molar-refractivity contribution in [2.45, 2.75) is 44.3 Å². The minimum Gasteiger partial charge on any atom is -0.484 e. The minimum absolute atomic E-state index is 0.0245. The molecule has 2 rings (SSSR count). The standard InChI is InChI=1S/C16H19FO5S/c1-9(2)21-14-13(16(3,4)22-15(14)18)10-6-7-12(11(17)8-10)23(5,19)20/h6-9H,1-5H3. The number of sulfone groups is 1. The first-order valence-electron chi connectivity index (χ1n) is 7.08. The maximum Gasteiger partial charge on any atom is 0.374 e. The van der Waals surface area contributed by atoms with Gasteiger partial charge in [0.15, 0.2) is 9.84 Å². The van der Waals surface area contributed by atoms with E-state index >= 15 is 0 Å². The predicted molar refractivity (Wildman–Crippen MR) is 82.8 cm³/mol. The summed E-state index contributed by atoms with van der Waals surface area (Å²) in [7, 11) is -3.67. The van der Waals surface area contributed by atoms with Gasteiger partial charge in [0.05, 0.1) is 11.7 Å². The highest BCUT2D eigenvalue weighted by atomic mass is 32.2. The van der Waals surface area contributed by atoms with Crippen molar-refractivity contribution in [2.75, 3.05) is 6.26 Å². The SMILES string of the molecule is CC(C)OC1=C(c2ccc(S(C)(=O)=O)c(F)c2)C(C)(C)OC1=O. The highest BCUT2D eigenvalue weighted by Gasteiger charge is 2.43. The molecule has 0 atom stereocenters. The Labute approximate surface area is 135 Å². The molecule has 5 nitrogen and oxygen atoms in total. The molecule has 23 heavy (non-hydrogen) atoms. The fraction of sp³-hybridized carbons (Fsp3) is 0.438. The van der Waals surface area contributed by atoms with Crippen molar-refractivity contribution in [3.63, 3.8) is 0 Å². The summed E-state index contributed by atoms with van der Waals surface area (Å²) in [6.45, 7) is 6.85. The van der Waals surface area contributed by atoms with E-state index < -0.39 is 32.1 Å². The predicted octanol–water partition coefficient (Wildman–Crippen LogP) is 2.70. The molecular weight excluding hydrogens is 323 g/mol. The van der Waals surface area contributed by atoms with Crippen molar-refractivity contribution in [1.82, 2.24) is 0 Å². The molecule has 126 valence electrons. The van der Waals surface area contributed by atoms with Gasteiger partial charge in [-0.25, -0.2) is 17.6 Å². The summed E-state index contributed by atoms with van der Waals surface area (Å²) in [6.07, 6.45) is 0.672. The van der Waals surface area contributed by atoms with Gasteiger partial charge in [0.2, 0.25) is 5.76 Å². The molecule has 7 heteroatoms. The van der Waals surface area contributed by atoms with E-state index in [1.165, 1.54) is 12.1 Å². The topological polar surface area (TPSA) is 69.7 Å². The zero-order valence-electron chi connectivity index (χ0n) is 13.6. The van der Waals surface area contributed by atoms with Crippen LogP contribution < -0.4 is 0 Å². The van der Waals surface area contributed by atoms with Crippen molar-refractivity contribution in [3.8, 4) is 0 Å². The van der Waals surface area contributed by atoms with Crippen molar-refractivity contribution < 1.29 is 27.1 Å². The zero-order valence-corrected chi connectivity index (χ0v) is 14.5. The van der Waals surface area contributed by atoms with Gasteiger partial charge >= 0.3 is 5.97 Å². The highest BCUT2D eigenvalue weighted by Crippen LogP contribution is 2.40. The van der Waals surface area contributed by atoms with E-state index in [1.807, 2.05) is 0 Å². The van der Waals surface area contributed by atoms with Crippen LogP contribution in [0.3, 0.4) is 0 Å². The lowest BCUT2D eigenvalue weighted by Crippen LogP contribution is -2.22. The summed E-state index contributed by atoms with van der Waals surface area (Å²) in [6, 6.07) is 3.71. The number of cyclic esters (lactones) is 1. The second-order valence-electron chi connectivity index (χ2n) is 6.19. The molecule has 1 aromatic carbocycles. The van der Waals surface area contributed by atoms with Gasteiger partial charge in [-0.3, -0.25) is 0 Å². The number of esters is 1. The van der Waals surface area contributed by atoms with Crippen LogP contribution in [-0.4, -0.2) is 32.3 Å². The minimum atomic E-state index is -3.67. The molecule has 0 amide bonds. The molecule has 1 aliphatic rings. The van der Waals surface area contributed by atoms with Crippen LogP contribution in [0.1, 0.15) is 33.3 Å². The molecule has 1 aliphatic heterocycles. The van der Waals surface area contributed by atoms with E-state index in [9.17, 15) is 17.6 Å². The lowest BCUT2D eigenvalue weighted by Gasteiger charge is -2.21. The first-order valence-corrected chi connectivity index (χ1v) is 8.97. The van der Waals surface area contributed by atoms with Crippen LogP contribution in [0.15, 0.2) is 28.9 Å². The first-order chi connectivity index (χ1) is 10.4. The van der Waals surface area contributed by atoms with E-state index in [0.29, 0.717) is 11.1 Å². The molecule has 0 fully saturated rings. The summed E-state index contributed by atoms with van der Waals surface area (Å²) in [5.74, 6) is -1.47. The molecule has 0 spiro atoms. The summed E-state index contributed by atoms with van der Waals surface area (Å²) in [5, 5.41) is 0. The number of hydrogen-bond donors (Lipinski definition) is 0. The van der Waals surface area contributed by atoms with Crippen LogP contribution in [0.4, 0.5) is 4.39 Å². The molecule has 0 aromatic heterocycles. The Hall–Kier alpha value is -1.89. The molecule has 0 saturated carbocycles. The normalized spacial score (nSPS) is 17.6. The van der Waals surface area contributed by atoms with E-state index in [4.69, 9.17) is 9.47 Å². The fourth-order valence-corrected chi connectivity index (χ4v) is 3.21. The van der Waals surface area contributed by atoms with Gasteiger partial charge in [-0.15, -0.1) is 0 Å². The molecule has 0 aliphatic carbocycles. The summed E-state index contributed by atoms with van der Waals surface area (Å²) < 4.78 is 48.0. The largest absolute Gasteiger partial charge is 0.484 e. The summed E-state index contributed by atoms with van der Waals surface area (Å²) in [4.78, 5) is 11.6. The van der Waals surface area contributed by atoms with Crippen LogP contribution in [0.2, 0.25) is 0 Å². The third kappa shape index (κ3) is 3.39. The molecule has 0 unspecified atom stereocenters. The molecule has 1 heterocycles. The number of carbonyl (C=O) groups is 1. The van der Waals surface area contributed by atoms with Gasteiger partial charge < -0.3 is 9.47 Å². The fourth-order valence-electron chi connectivity index (χ4n) is 2.48. The lowest BCUT2D eigenvalue weighted by molar-refractivity contribution is -0.147.